The van der Waals surface area contributed by atoms with E-state index in [0.717, 1.165) is 38.5 Å². The molecule has 7 atom stereocenters. The number of likely N-dealkylation sites (tertiary alicyclic amines) is 1. The molecule has 7 nitrogen and oxygen atoms in total. The molecular weight excluding hydrogens is 474 g/mol. The summed E-state index contributed by atoms with van der Waals surface area (Å²) in [6.45, 7) is 15.1. The Labute approximate surface area is 221 Å². The first-order valence-corrected chi connectivity index (χ1v) is 14.5. The Morgan fingerprint density at radius 2 is 1.92 bits per heavy atom. The van der Waals surface area contributed by atoms with Crippen molar-refractivity contribution in [3.8, 4) is 0 Å². The van der Waals surface area contributed by atoms with Crippen LogP contribution in [0.3, 0.4) is 0 Å². The lowest BCUT2D eigenvalue weighted by Crippen LogP contribution is -2.58. The molecule has 0 radical (unpaired) electrons. The van der Waals surface area contributed by atoms with Gasteiger partial charge in [0.2, 0.25) is 17.7 Å². The third kappa shape index (κ3) is 4.87. The van der Waals surface area contributed by atoms with E-state index in [1.165, 1.54) is 0 Å². The largest absolute Gasteiger partial charge is 0.394 e. The van der Waals surface area contributed by atoms with Gasteiger partial charge in [-0.2, -0.15) is 0 Å². The molecule has 3 heterocycles. The van der Waals surface area contributed by atoms with Gasteiger partial charge in [0.15, 0.2) is 0 Å². The van der Waals surface area contributed by atoms with Crippen molar-refractivity contribution in [3.05, 3.63) is 25.3 Å². The molecule has 0 aromatic carbocycles. The quantitative estimate of drug-likeness (QED) is 0.281. The van der Waals surface area contributed by atoms with Crippen molar-refractivity contribution in [2.45, 2.75) is 81.4 Å². The zero-order valence-corrected chi connectivity index (χ0v) is 23.3. The second-order valence-electron chi connectivity index (χ2n) is 10.7. The van der Waals surface area contributed by atoms with Gasteiger partial charge in [-0.1, -0.05) is 52.2 Å². The van der Waals surface area contributed by atoms with E-state index in [-0.39, 0.29) is 35.5 Å². The number of amides is 3. The summed E-state index contributed by atoms with van der Waals surface area (Å²) in [5, 5.41) is 10.5. The summed E-state index contributed by atoms with van der Waals surface area (Å²) in [5.74, 6) is -1.23. The molecule has 36 heavy (non-hydrogen) atoms. The van der Waals surface area contributed by atoms with Crippen molar-refractivity contribution in [2.75, 3.05) is 33.3 Å². The van der Waals surface area contributed by atoms with Crippen LogP contribution in [0.4, 0.5) is 0 Å². The lowest BCUT2D eigenvalue weighted by atomic mass is 9.70. The molecule has 3 aliphatic rings. The van der Waals surface area contributed by atoms with Crippen LogP contribution in [0.1, 0.15) is 59.3 Å². The maximum atomic E-state index is 14.3. The second kappa shape index (κ2) is 12.2. The summed E-state index contributed by atoms with van der Waals surface area (Å²) >= 11 is 1.69. The number of aliphatic hydroxyl groups excluding tert-OH is 1. The molecular formula is C28H45N3O4S. The number of nitrogens with zero attached hydrogens (tertiary/aromatic N) is 3. The summed E-state index contributed by atoms with van der Waals surface area (Å²) < 4.78 is -0.640. The van der Waals surface area contributed by atoms with Gasteiger partial charge in [0.25, 0.3) is 0 Å². The number of thioether (sulfide) groups is 1. The van der Waals surface area contributed by atoms with Crippen LogP contribution in [0.15, 0.2) is 25.3 Å². The molecule has 1 spiro atoms. The average Bonchev–Trinajstić information content (AvgIpc) is 3.51. The molecule has 3 rings (SSSR count). The zero-order chi connectivity index (χ0) is 26.6. The predicted octanol–water partition coefficient (Wildman–Crippen LogP) is 3.33. The number of fused-ring (bicyclic) bond motifs is 1. The Hall–Kier alpha value is -1.80. The minimum Gasteiger partial charge on any atom is -0.394 e. The fraction of sp³-hybridized carbons (Fsp3) is 0.750. The SMILES string of the molecule is C=CCN(C)C(=O)[C@@H]1[C@@H]2CCC3(S2)C(C(=O)N(CC=C)CCCCC)N([C@@H](CO)[C@@H](C)CC)C(=O)[C@H]13. The minimum absolute atomic E-state index is 0.0252. The van der Waals surface area contributed by atoms with E-state index < -0.39 is 28.7 Å². The molecule has 3 amide bonds. The van der Waals surface area contributed by atoms with Gasteiger partial charge >= 0.3 is 0 Å². The third-order valence-corrected chi connectivity index (χ3v) is 10.5. The normalized spacial score (nSPS) is 30.1. The number of hydrogen-bond acceptors (Lipinski definition) is 5. The summed E-state index contributed by atoms with van der Waals surface area (Å²) in [7, 11) is 1.75. The van der Waals surface area contributed by atoms with Crippen molar-refractivity contribution in [3.63, 3.8) is 0 Å². The monoisotopic (exact) mass is 519 g/mol. The van der Waals surface area contributed by atoms with Crippen molar-refractivity contribution in [2.24, 2.45) is 17.8 Å². The summed E-state index contributed by atoms with van der Waals surface area (Å²) in [5.41, 5.74) is 0. The zero-order valence-electron chi connectivity index (χ0n) is 22.5. The van der Waals surface area contributed by atoms with Crippen LogP contribution in [0, 0.1) is 17.8 Å². The standard InChI is InChI=1S/C28H45N3O4S/c1-7-11-12-17-30(16-9-3)27(35)24-28-14-13-21(36-28)22(25(33)29(6)15-8-2)23(28)26(34)31(24)20(18-32)19(5)10-4/h8-9,19-24,32H,2-3,7,10-18H2,1,4-6H3/t19-,20-,21-,22+,23-,24?,28?/m0/s1. The molecule has 3 fully saturated rings. The number of unbranched alkanes of at least 4 members (excludes halogenated alkanes) is 2. The second-order valence-corrected chi connectivity index (χ2v) is 12.3. The first kappa shape index (κ1) is 28.8. The lowest BCUT2D eigenvalue weighted by molar-refractivity contribution is -0.147. The van der Waals surface area contributed by atoms with Crippen molar-refractivity contribution < 1.29 is 19.5 Å². The summed E-state index contributed by atoms with van der Waals surface area (Å²) in [4.78, 5) is 47.4. The van der Waals surface area contributed by atoms with Crippen LogP contribution in [-0.2, 0) is 14.4 Å². The van der Waals surface area contributed by atoms with Crippen molar-refractivity contribution in [1.29, 1.82) is 0 Å². The van der Waals surface area contributed by atoms with Gasteiger partial charge in [0.1, 0.15) is 6.04 Å². The van der Waals surface area contributed by atoms with Crippen LogP contribution < -0.4 is 0 Å². The summed E-state index contributed by atoms with van der Waals surface area (Å²) in [6.07, 6.45) is 8.73. The number of rotatable bonds is 14. The molecule has 0 saturated carbocycles. The lowest BCUT2D eigenvalue weighted by Gasteiger charge is -2.41. The van der Waals surface area contributed by atoms with E-state index in [0.29, 0.717) is 19.6 Å². The van der Waals surface area contributed by atoms with Gasteiger partial charge in [-0.3, -0.25) is 14.4 Å². The molecule has 8 heteroatoms. The highest BCUT2D eigenvalue weighted by molar-refractivity contribution is 8.02. The fourth-order valence-corrected chi connectivity index (χ4v) is 8.73. The predicted molar refractivity (Wildman–Crippen MR) is 145 cm³/mol. The summed E-state index contributed by atoms with van der Waals surface area (Å²) in [6, 6.07) is -1.14. The highest BCUT2D eigenvalue weighted by Crippen LogP contribution is 2.67. The first-order valence-electron chi connectivity index (χ1n) is 13.6. The molecule has 0 aliphatic carbocycles. The number of aliphatic hydroxyl groups is 1. The number of likely N-dealkylation sites (N-methyl/N-ethyl adjacent to an activating group) is 1. The minimum atomic E-state index is -0.680. The van der Waals surface area contributed by atoms with Crippen molar-refractivity contribution in [1.82, 2.24) is 14.7 Å². The van der Waals surface area contributed by atoms with E-state index in [1.54, 1.807) is 40.8 Å². The van der Waals surface area contributed by atoms with Crippen LogP contribution in [-0.4, -0.2) is 92.9 Å². The Morgan fingerprint density at radius 3 is 2.50 bits per heavy atom. The highest BCUT2D eigenvalue weighted by atomic mass is 32.2. The maximum Gasteiger partial charge on any atom is 0.247 e. The number of hydrogen-bond donors (Lipinski definition) is 1. The van der Waals surface area contributed by atoms with Crippen LogP contribution in [0.5, 0.6) is 0 Å². The van der Waals surface area contributed by atoms with Crippen molar-refractivity contribution >= 4 is 29.5 Å². The van der Waals surface area contributed by atoms with E-state index in [4.69, 9.17) is 0 Å². The van der Waals surface area contributed by atoms with E-state index >= 15 is 0 Å². The Balaban J connectivity index is 2.07. The van der Waals surface area contributed by atoms with Gasteiger partial charge in [-0.25, -0.2) is 0 Å². The molecule has 3 aliphatic heterocycles. The van der Waals surface area contributed by atoms with Crippen LogP contribution >= 0.6 is 11.8 Å². The Kier molecular flexibility index (Phi) is 9.72. The molecule has 0 aromatic heterocycles. The Morgan fingerprint density at radius 1 is 1.22 bits per heavy atom. The van der Waals surface area contributed by atoms with E-state index in [2.05, 4.69) is 20.1 Å². The van der Waals surface area contributed by atoms with Gasteiger partial charge < -0.3 is 19.8 Å². The molecule has 2 unspecified atom stereocenters. The topological polar surface area (TPSA) is 81.2 Å². The highest BCUT2D eigenvalue weighted by Gasteiger charge is 2.74. The third-order valence-electron chi connectivity index (χ3n) is 8.57. The first-order chi connectivity index (χ1) is 17.2. The van der Waals surface area contributed by atoms with Gasteiger partial charge in [0, 0.05) is 31.9 Å². The Bertz CT molecular complexity index is 851. The van der Waals surface area contributed by atoms with E-state index in [9.17, 15) is 19.5 Å². The van der Waals surface area contributed by atoms with Crippen LogP contribution in [0.2, 0.25) is 0 Å². The van der Waals surface area contributed by atoms with Gasteiger partial charge in [-0.05, 0) is 25.2 Å². The maximum absolute atomic E-state index is 14.3. The molecule has 3 saturated heterocycles. The molecule has 202 valence electrons. The number of carbonyl (C=O) groups is 3. The fourth-order valence-electron chi connectivity index (χ4n) is 6.53. The molecule has 2 bridgehead atoms. The smallest absolute Gasteiger partial charge is 0.247 e. The average molecular weight is 520 g/mol. The number of carbonyl (C=O) groups excluding carboxylic acids is 3. The molecule has 0 aromatic rings. The van der Waals surface area contributed by atoms with Crippen LogP contribution in [0.25, 0.3) is 0 Å². The van der Waals surface area contributed by atoms with Gasteiger partial charge in [-0.15, -0.1) is 24.9 Å². The molecule has 1 N–H and O–H groups in total. The van der Waals surface area contributed by atoms with E-state index in [1.807, 2.05) is 18.7 Å². The van der Waals surface area contributed by atoms with Gasteiger partial charge in [0.05, 0.1) is 29.2 Å².